The van der Waals surface area contributed by atoms with Crippen LogP contribution in [0.5, 0.6) is 0 Å². The maximum atomic E-state index is 3.51. The third-order valence-electron chi connectivity index (χ3n) is 2.69. The smallest absolute Gasteiger partial charge is 0.0228 e. The van der Waals surface area contributed by atoms with Crippen LogP contribution in [-0.4, -0.2) is 10.1 Å². The lowest BCUT2D eigenvalue weighted by Crippen LogP contribution is -2.35. The highest BCUT2D eigenvalue weighted by atomic mass is 15.0. The second kappa shape index (κ2) is 3.77. The number of nitrogens with zero attached hydrogens (tertiary/aromatic N) is 1. The number of nitrogens with one attached hydrogen (secondary N) is 1. The lowest BCUT2D eigenvalue weighted by Gasteiger charge is -2.20. The van der Waals surface area contributed by atoms with Crippen LogP contribution in [0.3, 0.4) is 0 Å². The molecule has 0 aliphatic carbocycles. The normalized spacial score (nSPS) is 12.1. The molecule has 0 amide bonds. The molecule has 2 nitrogen and oxygen atoms in total. The molecule has 1 heterocycles. The number of aryl methyl sites for hydroxylation is 1. The highest BCUT2D eigenvalue weighted by molar-refractivity contribution is 5.26. The summed E-state index contributed by atoms with van der Waals surface area (Å²) in [5.74, 6) is 0. The molecule has 2 heteroatoms. The van der Waals surface area contributed by atoms with Crippen LogP contribution in [0.15, 0.2) is 6.07 Å². The molecule has 0 saturated carbocycles. The van der Waals surface area contributed by atoms with Crippen molar-refractivity contribution in [2.75, 3.05) is 0 Å². The lowest BCUT2D eigenvalue weighted by molar-refractivity contribution is 0.423. The fraction of sp³-hybridized carbons (Fsp3) is 0.667. The first-order chi connectivity index (χ1) is 6.31. The number of hydrogen-bond donors (Lipinski definition) is 1. The Kier molecular flexibility index (Phi) is 3.05. The highest BCUT2D eigenvalue weighted by Crippen LogP contribution is 2.14. The molecule has 1 aromatic rings. The van der Waals surface area contributed by atoms with E-state index in [4.69, 9.17) is 0 Å². The highest BCUT2D eigenvalue weighted by Gasteiger charge is 2.11. The van der Waals surface area contributed by atoms with E-state index in [2.05, 4.69) is 57.6 Å². The number of aromatic nitrogens is 1. The van der Waals surface area contributed by atoms with E-state index in [-0.39, 0.29) is 5.54 Å². The zero-order chi connectivity index (χ0) is 10.9. The third kappa shape index (κ3) is 2.61. The van der Waals surface area contributed by atoms with Crippen molar-refractivity contribution in [3.8, 4) is 0 Å². The van der Waals surface area contributed by atoms with Crippen LogP contribution in [0.2, 0.25) is 0 Å². The van der Waals surface area contributed by atoms with Crippen LogP contribution < -0.4 is 5.32 Å². The lowest BCUT2D eigenvalue weighted by atomic mass is 10.1. The Hall–Kier alpha value is -0.760. The van der Waals surface area contributed by atoms with Crippen LogP contribution in [0.25, 0.3) is 0 Å². The average Bonchev–Trinajstić information content (AvgIpc) is 2.28. The summed E-state index contributed by atoms with van der Waals surface area (Å²) >= 11 is 0. The van der Waals surface area contributed by atoms with Gasteiger partial charge in [-0.1, -0.05) is 0 Å². The predicted molar refractivity (Wildman–Crippen MR) is 61.5 cm³/mol. The molecule has 1 N–H and O–H groups in total. The fourth-order valence-electron chi connectivity index (χ4n) is 1.47. The van der Waals surface area contributed by atoms with Crippen molar-refractivity contribution in [2.45, 2.75) is 46.7 Å². The van der Waals surface area contributed by atoms with Gasteiger partial charge >= 0.3 is 0 Å². The van der Waals surface area contributed by atoms with Crippen molar-refractivity contribution in [3.63, 3.8) is 0 Å². The first-order valence-corrected chi connectivity index (χ1v) is 5.18. The summed E-state index contributed by atoms with van der Waals surface area (Å²) in [6.07, 6.45) is 0. The van der Waals surface area contributed by atoms with Crippen LogP contribution in [0.1, 0.15) is 37.7 Å². The minimum atomic E-state index is 0.191. The zero-order valence-electron chi connectivity index (χ0n) is 10.2. The topological polar surface area (TPSA) is 17.0 Å². The molecule has 0 bridgehead atoms. The maximum Gasteiger partial charge on any atom is 0.0228 e. The summed E-state index contributed by atoms with van der Waals surface area (Å²) in [7, 11) is 2.12. The van der Waals surface area contributed by atoms with Gasteiger partial charge in [0.25, 0.3) is 0 Å². The maximum absolute atomic E-state index is 3.51. The molecule has 0 aliphatic heterocycles. The van der Waals surface area contributed by atoms with Crippen molar-refractivity contribution in [1.82, 2.24) is 9.88 Å². The molecular weight excluding hydrogens is 172 g/mol. The molecular formula is C12H22N2. The van der Waals surface area contributed by atoms with Gasteiger partial charge in [0, 0.05) is 30.5 Å². The Bertz CT molecular complexity index is 316. The van der Waals surface area contributed by atoms with Gasteiger partial charge in [0.1, 0.15) is 0 Å². The van der Waals surface area contributed by atoms with E-state index < -0.39 is 0 Å². The van der Waals surface area contributed by atoms with Gasteiger partial charge in [-0.2, -0.15) is 0 Å². The Morgan fingerprint density at radius 1 is 1.29 bits per heavy atom. The van der Waals surface area contributed by atoms with Gasteiger partial charge in [0.15, 0.2) is 0 Å². The monoisotopic (exact) mass is 194 g/mol. The van der Waals surface area contributed by atoms with Gasteiger partial charge in [-0.3, -0.25) is 0 Å². The first-order valence-electron chi connectivity index (χ1n) is 5.18. The molecule has 0 fully saturated rings. The van der Waals surface area contributed by atoms with Crippen LogP contribution in [0, 0.1) is 13.8 Å². The second-order valence-electron chi connectivity index (χ2n) is 5.06. The van der Waals surface area contributed by atoms with E-state index in [9.17, 15) is 0 Å². The zero-order valence-corrected chi connectivity index (χ0v) is 10.2. The summed E-state index contributed by atoms with van der Waals surface area (Å²) in [6.45, 7) is 11.9. The fourth-order valence-corrected chi connectivity index (χ4v) is 1.47. The van der Waals surface area contributed by atoms with Crippen LogP contribution in [0.4, 0.5) is 0 Å². The third-order valence-corrected chi connectivity index (χ3v) is 2.69. The molecule has 0 saturated heterocycles. The minimum absolute atomic E-state index is 0.191. The Morgan fingerprint density at radius 2 is 1.86 bits per heavy atom. The average molecular weight is 194 g/mol. The van der Waals surface area contributed by atoms with Crippen molar-refractivity contribution in [2.24, 2.45) is 7.05 Å². The molecule has 0 atom stereocenters. The van der Waals surface area contributed by atoms with Gasteiger partial charge < -0.3 is 9.88 Å². The van der Waals surface area contributed by atoms with Crippen molar-refractivity contribution < 1.29 is 0 Å². The van der Waals surface area contributed by atoms with E-state index in [1.807, 2.05) is 0 Å². The van der Waals surface area contributed by atoms with Gasteiger partial charge in [0.2, 0.25) is 0 Å². The molecule has 0 spiro atoms. The van der Waals surface area contributed by atoms with Gasteiger partial charge in [-0.15, -0.1) is 0 Å². The molecule has 0 unspecified atom stereocenters. The van der Waals surface area contributed by atoms with E-state index in [1.165, 1.54) is 17.0 Å². The Morgan fingerprint density at radius 3 is 2.21 bits per heavy atom. The van der Waals surface area contributed by atoms with Crippen LogP contribution in [-0.2, 0) is 13.6 Å². The summed E-state index contributed by atoms with van der Waals surface area (Å²) in [5, 5.41) is 3.51. The summed E-state index contributed by atoms with van der Waals surface area (Å²) in [6, 6.07) is 2.26. The van der Waals surface area contributed by atoms with Gasteiger partial charge in [-0.25, -0.2) is 0 Å². The SMILES string of the molecule is Cc1cc(CNC(C)(C)C)c(C)n1C. The van der Waals surface area contributed by atoms with Crippen LogP contribution >= 0.6 is 0 Å². The number of hydrogen-bond acceptors (Lipinski definition) is 1. The van der Waals surface area contributed by atoms with Crippen molar-refractivity contribution in [3.05, 3.63) is 23.0 Å². The quantitative estimate of drug-likeness (QED) is 0.765. The summed E-state index contributed by atoms with van der Waals surface area (Å²) in [5.41, 5.74) is 4.28. The summed E-state index contributed by atoms with van der Waals surface area (Å²) < 4.78 is 2.24. The first kappa shape index (κ1) is 11.3. The molecule has 1 aromatic heterocycles. The van der Waals surface area contributed by atoms with E-state index >= 15 is 0 Å². The van der Waals surface area contributed by atoms with E-state index in [0.29, 0.717) is 0 Å². The second-order valence-corrected chi connectivity index (χ2v) is 5.06. The Labute approximate surface area is 87.3 Å². The molecule has 80 valence electrons. The van der Waals surface area contributed by atoms with E-state index in [1.54, 1.807) is 0 Å². The molecule has 0 aromatic carbocycles. The predicted octanol–water partition coefficient (Wildman–Crippen LogP) is 2.53. The van der Waals surface area contributed by atoms with Gasteiger partial charge in [0.05, 0.1) is 0 Å². The standard InChI is InChI=1S/C12H22N2/c1-9-7-11(10(2)14(9)6)8-13-12(3,4)5/h7,13H,8H2,1-6H3. The molecule has 1 rings (SSSR count). The molecule has 0 radical (unpaired) electrons. The Balaban J connectivity index is 2.73. The molecule has 14 heavy (non-hydrogen) atoms. The van der Waals surface area contributed by atoms with Crippen molar-refractivity contribution in [1.29, 1.82) is 0 Å². The minimum Gasteiger partial charge on any atom is -0.352 e. The van der Waals surface area contributed by atoms with E-state index in [0.717, 1.165) is 6.54 Å². The molecule has 0 aliphatic rings. The largest absolute Gasteiger partial charge is 0.352 e. The van der Waals surface area contributed by atoms with Crippen molar-refractivity contribution >= 4 is 0 Å². The number of rotatable bonds is 2. The summed E-state index contributed by atoms with van der Waals surface area (Å²) in [4.78, 5) is 0. The van der Waals surface area contributed by atoms with Gasteiger partial charge in [-0.05, 0) is 46.2 Å².